The molecule has 2 aromatic rings. The monoisotopic (exact) mass is 231 g/mol. The fourth-order valence-corrected chi connectivity index (χ4v) is 2.05. The Bertz CT molecular complexity index is 511. The van der Waals surface area contributed by atoms with Crippen LogP contribution in [0.25, 0.3) is 11.3 Å². The van der Waals surface area contributed by atoms with E-state index in [0.717, 1.165) is 11.3 Å². The first-order valence-corrected chi connectivity index (χ1v) is 5.64. The van der Waals surface area contributed by atoms with Crippen molar-refractivity contribution < 1.29 is 5.11 Å². The van der Waals surface area contributed by atoms with Gasteiger partial charge in [-0.2, -0.15) is 5.10 Å². The van der Waals surface area contributed by atoms with Crippen molar-refractivity contribution in [3.63, 3.8) is 0 Å². The quantitative estimate of drug-likeness (QED) is 0.845. The molecule has 1 heterocycles. The van der Waals surface area contributed by atoms with Gasteiger partial charge in [-0.15, -0.1) is 0 Å². The maximum Gasteiger partial charge on any atom is 0.122 e. The Morgan fingerprint density at radius 1 is 1.29 bits per heavy atom. The second kappa shape index (κ2) is 4.59. The number of nitrogen functional groups attached to an aromatic ring is 1. The summed E-state index contributed by atoms with van der Waals surface area (Å²) in [5.41, 5.74) is 10.2. The maximum absolute atomic E-state index is 8.92. The van der Waals surface area contributed by atoms with Gasteiger partial charge in [0.15, 0.2) is 0 Å². The van der Waals surface area contributed by atoms with Crippen LogP contribution in [0.2, 0.25) is 0 Å². The van der Waals surface area contributed by atoms with Gasteiger partial charge in [0, 0.05) is 11.6 Å². The molecule has 4 nitrogen and oxygen atoms in total. The summed E-state index contributed by atoms with van der Waals surface area (Å²) in [6, 6.07) is 8.00. The zero-order chi connectivity index (χ0) is 12.4. The lowest BCUT2D eigenvalue weighted by molar-refractivity contribution is 0.270. The van der Waals surface area contributed by atoms with Gasteiger partial charge in [-0.25, -0.2) is 4.68 Å². The molecule has 90 valence electrons. The molecule has 0 spiro atoms. The van der Waals surface area contributed by atoms with E-state index in [-0.39, 0.29) is 6.61 Å². The summed E-state index contributed by atoms with van der Waals surface area (Å²) in [6.07, 6.45) is 0. The van der Waals surface area contributed by atoms with Gasteiger partial charge in [-0.05, 0) is 25.0 Å². The van der Waals surface area contributed by atoms with Crippen LogP contribution in [0.4, 0.5) is 5.82 Å². The van der Waals surface area contributed by atoms with Crippen LogP contribution >= 0.6 is 0 Å². The van der Waals surface area contributed by atoms with Gasteiger partial charge in [-0.3, -0.25) is 0 Å². The van der Waals surface area contributed by atoms with Crippen LogP contribution in [0.1, 0.15) is 11.1 Å². The van der Waals surface area contributed by atoms with E-state index in [1.54, 1.807) is 4.68 Å². The topological polar surface area (TPSA) is 64.1 Å². The standard InChI is InChI=1S/C13H17N3O/c1-9-4-3-5-10(2)13(9)11-8-12(14)16(15-11)6-7-17/h3-5,8,17H,6-7,14H2,1-2H3. The zero-order valence-electron chi connectivity index (χ0n) is 10.1. The molecule has 17 heavy (non-hydrogen) atoms. The van der Waals surface area contributed by atoms with Crippen molar-refractivity contribution in [1.82, 2.24) is 9.78 Å². The zero-order valence-corrected chi connectivity index (χ0v) is 10.1. The third-order valence-electron chi connectivity index (χ3n) is 2.86. The average Bonchev–Trinajstić information content (AvgIpc) is 2.60. The van der Waals surface area contributed by atoms with Crippen molar-refractivity contribution in [1.29, 1.82) is 0 Å². The van der Waals surface area contributed by atoms with E-state index in [2.05, 4.69) is 31.1 Å². The van der Waals surface area contributed by atoms with Gasteiger partial charge in [-0.1, -0.05) is 18.2 Å². The number of anilines is 1. The van der Waals surface area contributed by atoms with Crippen molar-refractivity contribution in [2.75, 3.05) is 12.3 Å². The van der Waals surface area contributed by atoms with Crippen LogP contribution in [-0.2, 0) is 6.54 Å². The minimum Gasteiger partial charge on any atom is -0.394 e. The Kier molecular flexibility index (Phi) is 3.15. The molecule has 0 atom stereocenters. The summed E-state index contributed by atoms with van der Waals surface area (Å²) in [7, 11) is 0. The van der Waals surface area contributed by atoms with Crippen LogP contribution < -0.4 is 5.73 Å². The molecule has 1 aromatic carbocycles. The number of rotatable bonds is 3. The minimum absolute atomic E-state index is 0.0398. The van der Waals surface area contributed by atoms with E-state index in [1.807, 2.05) is 12.1 Å². The number of hydrogen-bond acceptors (Lipinski definition) is 3. The first-order chi connectivity index (χ1) is 8.13. The fourth-order valence-electron chi connectivity index (χ4n) is 2.05. The van der Waals surface area contributed by atoms with Crippen LogP contribution in [0.15, 0.2) is 24.3 Å². The van der Waals surface area contributed by atoms with E-state index >= 15 is 0 Å². The third kappa shape index (κ3) is 2.17. The Balaban J connectivity index is 2.50. The second-order valence-corrected chi connectivity index (χ2v) is 4.17. The van der Waals surface area contributed by atoms with E-state index < -0.39 is 0 Å². The van der Waals surface area contributed by atoms with Gasteiger partial charge in [0.05, 0.1) is 18.8 Å². The molecule has 0 unspecified atom stereocenters. The first kappa shape index (κ1) is 11.7. The fraction of sp³-hybridized carbons (Fsp3) is 0.308. The van der Waals surface area contributed by atoms with E-state index in [1.165, 1.54) is 11.1 Å². The molecule has 0 bridgehead atoms. The van der Waals surface area contributed by atoms with E-state index in [9.17, 15) is 0 Å². The Morgan fingerprint density at radius 2 is 1.94 bits per heavy atom. The van der Waals surface area contributed by atoms with Gasteiger partial charge < -0.3 is 10.8 Å². The molecular weight excluding hydrogens is 214 g/mol. The molecule has 4 heteroatoms. The van der Waals surface area contributed by atoms with Gasteiger partial charge in [0.2, 0.25) is 0 Å². The summed E-state index contributed by atoms with van der Waals surface area (Å²) in [5.74, 6) is 0.580. The highest BCUT2D eigenvalue weighted by Gasteiger charge is 2.11. The number of aromatic nitrogens is 2. The average molecular weight is 231 g/mol. The number of nitrogens with two attached hydrogens (primary N) is 1. The molecule has 1 aromatic heterocycles. The highest BCUT2D eigenvalue weighted by atomic mass is 16.3. The van der Waals surface area contributed by atoms with Crippen molar-refractivity contribution in [3.05, 3.63) is 35.4 Å². The minimum atomic E-state index is 0.0398. The highest BCUT2D eigenvalue weighted by Crippen LogP contribution is 2.27. The maximum atomic E-state index is 8.92. The molecule has 0 aliphatic rings. The van der Waals surface area contributed by atoms with Crippen molar-refractivity contribution in [2.24, 2.45) is 0 Å². The molecular formula is C13H17N3O. The Morgan fingerprint density at radius 3 is 2.53 bits per heavy atom. The number of benzene rings is 1. The number of aryl methyl sites for hydroxylation is 2. The normalized spacial score (nSPS) is 10.8. The highest BCUT2D eigenvalue weighted by molar-refractivity contribution is 5.69. The molecule has 0 aliphatic carbocycles. The van der Waals surface area contributed by atoms with Gasteiger partial charge in [0.1, 0.15) is 5.82 Å². The van der Waals surface area contributed by atoms with Gasteiger partial charge in [0.25, 0.3) is 0 Å². The van der Waals surface area contributed by atoms with Gasteiger partial charge >= 0.3 is 0 Å². The summed E-state index contributed by atoms with van der Waals surface area (Å²) in [4.78, 5) is 0. The molecule has 3 N–H and O–H groups in total. The summed E-state index contributed by atoms with van der Waals surface area (Å²) in [6.45, 7) is 4.59. The van der Waals surface area contributed by atoms with Crippen LogP contribution in [0.3, 0.4) is 0 Å². The number of aliphatic hydroxyl groups is 1. The lowest BCUT2D eigenvalue weighted by Gasteiger charge is -2.06. The van der Waals surface area contributed by atoms with E-state index in [4.69, 9.17) is 10.8 Å². The number of nitrogens with zero attached hydrogens (tertiary/aromatic N) is 2. The second-order valence-electron chi connectivity index (χ2n) is 4.17. The third-order valence-corrected chi connectivity index (χ3v) is 2.86. The van der Waals surface area contributed by atoms with Crippen LogP contribution in [0.5, 0.6) is 0 Å². The molecule has 0 saturated carbocycles. The lowest BCUT2D eigenvalue weighted by atomic mass is 10.0. The molecule has 0 fully saturated rings. The SMILES string of the molecule is Cc1cccc(C)c1-c1cc(N)n(CCO)n1. The van der Waals surface area contributed by atoms with E-state index in [0.29, 0.717) is 12.4 Å². The van der Waals surface area contributed by atoms with Crippen molar-refractivity contribution in [2.45, 2.75) is 20.4 Å². The summed E-state index contributed by atoms with van der Waals surface area (Å²) < 4.78 is 1.63. The molecule has 0 saturated heterocycles. The first-order valence-electron chi connectivity index (χ1n) is 5.64. The smallest absolute Gasteiger partial charge is 0.122 e. The Labute approximate surface area is 101 Å². The number of aliphatic hydroxyl groups excluding tert-OH is 1. The number of hydrogen-bond donors (Lipinski definition) is 2. The molecule has 0 aliphatic heterocycles. The van der Waals surface area contributed by atoms with Crippen molar-refractivity contribution >= 4 is 5.82 Å². The predicted octanol–water partition coefficient (Wildman–Crippen LogP) is 1.74. The molecule has 2 rings (SSSR count). The summed E-state index contributed by atoms with van der Waals surface area (Å²) >= 11 is 0. The predicted molar refractivity (Wildman–Crippen MR) is 68.6 cm³/mol. The lowest BCUT2D eigenvalue weighted by Crippen LogP contribution is -2.07. The summed E-state index contributed by atoms with van der Waals surface area (Å²) in [5, 5.41) is 13.3. The van der Waals surface area contributed by atoms with Crippen LogP contribution in [-0.4, -0.2) is 21.5 Å². The van der Waals surface area contributed by atoms with Crippen LogP contribution in [0, 0.1) is 13.8 Å². The van der Waals surface area contributed by atoms with Crippen molar-refractivity contribution in [3.8, 4) is 11.3 Å². The molecule has 0 radical (unpaired) electrons. The molecule has 0 amide bonds. The largest absolute Gasteiger partial charge is 0.394 e. The Hall–Kier alpha value is -1.81.